The van der Waals surface area contributed by atoms with Crippen molar-refractivity contribution in [1.29, 1.82) is 0 Å². The topological polar surface area (TPSA) is 12.0 Å². The Labute approximate surface area is 101 Å². The van der Waals surface area contributed by atoms with E-state index < -0.39 is 0 Å². The predicted octanol–water partition coefficient (Wildman–Crippen LogP) is 3.63. The van der Waals surface area contributed by atoms with Crippen molar-refractivity contribution in [2.75, 3.05) is 13.1 Å². The van der Waals surface area contributed by atoms with Crippen LogP contribution in [0.4, 0.5) is 0 Å². The van der Waals surface area contributed by atoms with Crippen LogP contribution in [0, 0.1) is 5.41 Å². The van der Waals surface area contributed by atoms with Crippen LogP contribution in [0.5, 0.6) is 0 Å². The van der Waals surface area contributed by atoms with E-state index in [2.05, 4.69) is 66.3 Å². The number of hydrogen-bond donors (Lipinski definition) is 1. The van der Waals surface area contributed by atoms with Crippen molar-refractivity contribution in [3.05, 3.63) is 34.3 Å². The van der Waals surface area contributed by atoms with Crippen molar-refractivity contribution in [3.8, 4) is 0 Å². The van der Waals surface area contributed by atoms with Gasteiger partial charge in [0.1, 0.15) is 0 Å². The summed E-state index contributed by atoms with van der Waals surface area (Å²) in [4.78, 5) is 0. The summed E-state index contributed by atoms with van der Waals surface area (Å²) in [5, 5.41) is 3.41. The summed E-state index contributed by atoms with van der Waals surface area (Å²) in [5.74, 6) is 0. The van der Waals surface area contributed by atoms with Crippen LogP contribution < -0.4 is 5.32 Å². The van der Waals surface area contributed by atoms with E-state index in [1.54, 1.807) is 0 Å². The van der Waals surface area contributed by atoms with Crippen molar-refractivity contribution in [1.82, 2.24) is 5.32 Å². The van der Waals surface area contributed by atoms with E-state index in [0.717, 1.165) is 19.5 Å². The Kier molecular flexibility index (Phi) is 4.81. The molecule has 0 aliphatic heterocycles. The predicted molar refractivity (Wildman–Crippen MR) is 70.2 cm³/mol. The maximum absolute atomic E-state index is 3.60. The molecule has 0 heterocycles. The van der Waals surface area contributed by atoms with Gasteiger partial charge in [0.05, 0.1) is 0 Å². The average Bonchev–Trinajstić information content (AvgIpc) is 2.18. The van der Waals surface area contributed by atoms with Gasteiger partial charge in [-0.05, 0) is 30.0 Å². The SMILES string of the molecule is CCNCC(C)(C)Cc1ccccc1Br. The van der Waals surface area contributed by atoms with Crippen molar-refractivity contribution in [2.45, 2.75) is 27.2 Å². The zero-order valence-corrected chi connectivity index (χ0v) is 11.4. The quantitative estimate of drug-likeness (QED) is 0.861. The molecule has 0 atom stereocenters. The molecule has 0 amide bonds. The second-order valence-corrected chi connectivity index (χ2v) is 5.57. The molecule has 0 aromatic heterocycles. The number of rotatable bonds is 5. The summed E-state index contributed by atoms with van der Waals surface area (Å²) in [5.41, 5.74) is 1.69. The highest BCUT2D eigenvalue weighted by Gasteiger charge is 2.18. The lowest BCUT2D eigenvalue weighted by atomic mass is 9.86. The second-order valence-electron chi connectivity index (χ2n) is 4.71. The minimum absolute atomic E-state index is 0.305. The van der Waals surface area contributed by atoms with Gasteiger partial charge in [-0.25, -0.2) is 0 Å². The van der Waals surface area contributed by atoms with E-state index in [4.69, 9.17) is 0 Å². The maximum Gasteiger partial charge on any atom is 0.0207 e. The van der Waals surface area contributed by atoms with Gasteiger partial charge in [-0.15, -0.1) is 0 Å². The molecule has 84 valence electrons. The standard InChI is InChI=1S/C13H20BrN/c1-4-15-10-13(2,3)9-11-7-5-6-8-12(11)14/h5-8,15H,4,9-10H2,1-3H3. The molecule has 1 nitrogen and oxygen atoms in total. The normalized spacial score (nSPS) is 11.7. The lowest BCUT2D eigenvalue weighted by molar-refractivity contribution is 0.341. The Bertz CT molecular complexity index is 307. The van der Waals surface area contributed by atoms with Gasteiger partial charge in [0.15, 0.2) is 0 Å². The van der Waals surface area contributed by atoms with E-state index in [9.17, 15) is 0 Å². The average molecular weight is 270 g/mol. The van der Waals surface area contributed by atoms with Crippen molar-refractivity contribution >= 4 is 15.9 Å². The molecule has 0 saturated heterocycles. The molecule has 1 rings (SSSR count). The largest absolute Gasteiger partial charge is 0.316 e. The maximum atomic E-state index is 3.60. The molecule has 2 heteroatoms. The molecule has 0 aliphatic rings. The fourth-order valence-corrected chi connectivity index (χ4v) is 2.11. The smallest absolute Gasteiger partial charge is 0.0207 e. The molecular weight excluding hydrogens is 250 g/mol. The lowest BCUT2D eigenvalue weighted by Crippen LogP contribution is -2.31. The zero-order chi connectivity index (χ0) is 11.3. The zero-order valence-electron chi connectivity index (χ0n) is 9.81. The van der Waals surface area contributed by atoms with Crippen molar-refractivity contribution < 1.29 is 0 Å². The molecule has 0 saturated carbocycles. The Balaban J connectivity index is 2.64. The number of nitrogens with one attached hydrogen (secondary N) is 1. The van der Waals surface area contributed by atoms with Crippen LogP contribution in [-0.4, -0.2) is 13.1 Å². The van der Waals surface area contributed by atoms with Gasteiger partial charge in [-0.1, -0.05) is 54.9 Å². The third-order valence-electron chi connectivity index (χ3n) is 2.48. The Morgan fingerprint density at radius 3 is 2.53 bits per heavy atom. The first-order valence-electron chi connectivity index (χ1n) is 5.49. The van der Waals surface area contributed by atoms with Gasteiger partial charge in [0, 0.05) is 11.0 Å². The van der Waals surface area contributed by atoms with Crippen molar-refractivity contribution in [3.63, 3.8) is 0 Å². The third-order valence-corrected chi connectivity index (χ3v) is 3.25. The van der Waals surface area contributed by atoms with E-state index in [-0.39, 0.29) is 0 Å². The molecule has 1 aromatic rings. The molecule has 15 heavy (non-hydrogen) atoms. The summed E-state index contributed by atoms with van der Waals surface area (Å²) in [6.07, 6.45) is 1.10. The van der Waals surface area contributed by atoms with Crippen LogP contribution in [0.3, 0.4) is 0 Å². The van der Waals surface area contributed by atoms with Gasteiger partial charge in [-0.2, -0.15) is 0 Å². The minimum atomic E-state index is 0.305. The molecule has 0 fully saturated rings. The molecule has 0 bridgehead atoms. The first kappa shape index (κ1) is 12.7. The summed E-state index contributed by atoms with van der Waals surface area (Å²) < 4.78 is 1.22. The van der Waals surface area contributed by atoms with Gasteiger partial charge in [0.25, 0.3) is 0 Å². The van der Waals surface area contributed by atoms with Crippen LogP contribution in [-0.2, 0) is 6.42 Å². The Morgan fingerprint density at radius 1 is 1.27 bits per heavy atom. The molecule has 0 spiro atoms. The van der Waals surface area contributed by atoms with Gasteiger partial charge in [0.2, 0.25) is 0 Å². The van der Waals surface area contributed by atoms with E-state index in [0.29, 0.717) is 5.41 Å². The summed E-state index contributed by atoms with van der Waals surface area (Å²) >= 11 is 3.60. The fourth-order valence-electron chi connectivity index (χ4n) is 1.68. The minimum Gasteiger partial charge on any atom is -0.316 e. The monoisotopic (exact) mass is 269 g/mol. The molecular formula is C13H20BrN. The van der Waals surface area contributed by atoms with Crippen LogP contribution >= 0.6 is 15.9 Å². The molecule has 0 unspecified atom stereocenters. The van der Waals surface area contributed by atoms with Gasteiger partial charge >= 0.3 is 0 Å². The highest BCUT2D eigenvalue weighted by molar-refractivity contribution is 9.10. The lowest BCUT2D eigenvalue weighted by Gasteiger charge is -2.25. The highest BCUT2D eigenvalue weighted by Crippen LogP contribution is 2.25. The number of halogens is 1. The van der Waals surface area contributed by atoms with E-state index in [1.807, 2.05) is 0 Å². The third kappa shape index (κ3) is 4.35. The first-order valence-corrected chi connectivity index (χ1v) is 6.28. The van der Waals surface area contributed by atoms with Crippen LogP contribution in [0.25, 0.3) is 0 Å². The van der Waals surface area contributed by atoms with Crippen LogP contribution in [0.15, 0.2) is 28.7 Å². The van der Waals surface area contributed by atoms with E-state index in [1.165, 1.54) is 10.0 Å². The van der Waals surface area contributed by atoms with Crippen LogP contribution in [0.2, 0.25) is 0 Å². The van der Waals surface area contributed by atoms with Crippen LogP contribution in [0.1, 0.15) is 26.3 Å². The summed E-state index contributed by atoms with van der Waals surface area (Å²) in [7, 11) is 0. The van der Waals surface area contributed by atoms with Gasteiger partial charge in [-0.3, -0.25) is 0 Å². The second kappa shape index (κ2) is 5.66. The Hall–Kier alpha value is -0.340. The molecule has 0 radical (unpaired) electrons. The van der Waals surface area contributed by atoms with E-state index >= 15 is 0 Å². The van der Waals surface area contributed by atoms with Crippen molar-refractivity contribution in [2.24, 2.45) is 5.41 Å². The fraction of sp³-hybridized carbons (Fsp3) is 0.538. The van der Waals surface area contributed by atoms with Gasteiger partial charge < -0.3 is 5.32 Å². The molecule has 0 aliphatic carbocycles. The summed E-state index contributed by atoms with van der Waals surface area (Å²) in [6, 6.07) is 8.46. The highest BCUT2D eigenvalue weighted by atomic mass is 79.9. The summed E-state index contributed by atoms with van der Waals surface area (Å²) in [6.45, 7) is 8.85. The molecule has 1 aromatic carbocycles. The molecule has 1 N–H and O–H groups in total. The number of hydrogen-bond acceptors (Lipinski definition) is 1. The first-order chi connectivity index (χ1) is 7.05. The number of benzene rings is 1. The Morgan fingerprint density at radius 2 is 1.93 bits per heavy atom.